The lowest BCUT2D eigenvalue weighted by Gasteiger charge is -2.35. The molecule has 9 heteroatoms. The van der Waals surface area contributed by atoms with Crippen LogP contribution in [0, 0.1) is 0 Å². The Kier molecular flexibility index (Phi) is 7.44. The summed E-state index contributed by atoms with van der Waals surface area (Å²) in [7, 11) is 0. The molecule has 1 fully saturated rings. The van der Waals surface area contributed by atoms with E-state index in [-0.39, 0.29) is 18.2 Å². The summed E-state index contributed by atoms with van der Waals surface area (Å²) in [4.78, 5) is 41.4. The number of primary amides is 1. The van der Waals surface area contributed by atoms with Gasteiger partial charge in [0.15, 0.2) is 0 Å². The lowest BCUT2D eigenvalue weighted by molar-refractivity contribution is -0.133. The number of nitrogens with two attached hydrogens (primary N) is 1. The average Bonchev–Trinajstić information content (AvgIpc) is 3.39. The van der Waals surface area contributed by atoms with Crippen LogP contribution in [0.25, 0.3) is 0 Å². The van der Waals surface area contributed by atoms with Gasteiger partial charge < -0.3 is 25.6 Å². The third-order valence-electron chi connectivity index (χ3n) is 5.59. The van der Waals surface area contributed by atoms with Crippen molar-refractivity contribution >= 4 is 29.2 Å². The van der Waals surface area contributed by atoms with Crippen LogP contribution in [0.1, 0.15) is 27.7 Å². The van der Waals surface area contributed by atoms with E-state index in [4.69, 9.17) is 10.5 Å². The molecule has 4 amide bonds. The number of carbonyl (C=O) groups is 3. The molecule has 0 spiro atoms. The Morgan fingerprint density at radius 2 is 1.62 bits per heavy atom. The minimum absolute atomic E-state index is 0.00870. The number of urea groups is 1. The average molecular weight is 479 g/mol. The number of hydrogen-bond acceptors (Lipinski definition) is 5. The Labute approximate surface area is 201 Å². The van der Waals surface area contributed by atoms with Gasteiger partial charge in [-0.2, -0.15) is 0 Å². The molecule has 176 valence electrons. The number of amides is 4. The Bertz CT molecular complexity index is 1130. The van der Waals surface area contributed by atoms with Gasteiger partial charge in [0.1, 0.15) is 11.5 Å². The van der Waals surface area contributed by atoms with Crippen molar-refractivity contribution in [1.29, 1.82) is 0 Å². The summed E-state index contributed by atoms with van der Waals surface area (Å²) in [5.74, 6) is 1.15. The number of ether oxygens (including phenoxy) is 1. The smallest absolute Gasteiger partial charge is 0.312 e. The Hall–Kier alpha value is -3.85. The topological polar surface area (TPSA) is 105 Å². The SMILES string of the molecule is NC(=O)NC(CC(=O)N1CCN(C(=O)c2cccs2)CC1)c1cccc(Oc2ccccc2)c1. The van der Waals surface area contributed by atoms with Crippen LogP contribution in [0.2, 0.25) is 0 Å². The van der Waals surface area contributed by atoms with Gasteiger partial charge in [-0.1, -0.05) is 36.4 Å². The summed E-state index contributed by atoms with van der Waals surface area (Å²) in [5, 5.41) is 4.55. The lowest BCUT2D eigenvalue weighted by atomic mass is 10.0. The zero-order chi connectivity index (χ0) is 23.9. The number of nitrogens with one attached hydrogen (secondary N) is 1. The predicted molar refractivity (Wildman–Crippen MR) is 130 cm³/mol. The molecule has 1 aliphatic heterocycles. The van der Waals surface area contributed by atoms with Crippen molar-refractivity contribution in [2.75, 3.05) is 26.2 Å². The Balaban J connectivity index is 1.40. The van der Waals surface area contributed by atoms with E-state index in [1.165, 1.54) is 11.3 Å². The second kappa shape index (κ2) is 10.8. The van der Waals surface area contributed by atoms with Crippen LogP contribution in [0.3, 0.4) is 0 Å². The van der Waals surface area contributed by atoms with Crippen LogP contribution in [-0.2, 0) is 4.79 Å². The number of thiophene rings is 1. The largest absolute Gasteiger partial charge is 0.457 e. The van der Waals surface area contributed by atoms with E-state index in [9.17, 15) is 14.4 Å². The molecule has 3 N–H and O–H groups in total. The Morgan fingerprint density at radius 3 is 2.29 bits per heavy atom. The zero-order valence-electron chi connectivity index (χ0n) is 18.6. The molecule has 1 atom stereocenters. The van der Waals surface area contributed by atoms with Crippen LogP contribution < -0.4 is 15.8 Å². The van der Waals surface area contributed by atoms with Gasteiger partial charge in [0.2, 0.25) is 5.91 Å². The first-order valence-corrected chi connectivity index (χ1v) is 11.9. The highest BCUT2D eigenvalue weighted by molar-refractivity contribution is 7.12. The molecule has 8 nitrogen and oxygen atoms in total. The fourth-order valence-electron chi connectivity index (χ4n) is 3.86. The summed E-state index contributed by atoms with van der Waals surface area (Å²) in [6.07, 6.45) is 0.0522. The van der Waals surface area contributed by atoms with Crippen LogP contribution in [0.5, 0.6) is 11.5 Å². The van der Waals surface area contributed by atoms with Gasteiger partial charge in [-0.15, -0.1) is 11.3 Å². The maximum atomic E-state index is 13.0. The van der Waals surface area contributed by atoms with Gasteiger partial charge in [0.25, 0.3) is 5.91 Å². The van der Waals surface area contributed by atoms with E-state index in [0.29, 0.717) is 48.1 Å². The third-order valence-corrected chi connectivity index (χ3v) is 6.44. The van der Waals surface area contributed by atoms with Gasteiger partial charge in [-0.05, 0) is 41.3 Å². The molecule has 0 aliphatic carbocycles. The summed E-state index contributed by atoms with van der Waals surface area (Å²) in [6.45, 7) is 1.82. The van der Waals surface area contributed by atoms with Crippen molar-refractivity contribution in [3.8, 4) is 11.5 Å². The maximum absolute atomic E-state index is 13.0. The van der Waals surface area contributed by atoms with Crippen molar-refractivity contribution < 1.29 is 19.1 Å². The summed E-state index contributed by atoms with van der Waals surface area (Å²) < 4.78 is 5.88. The molecule has 0 bridgehead atoms. The lowest BCUT2D eigenvalue weighted by Crippen LogP contribution is -2.51. The van der Waals surface area contributed by atoms with E-state index in [1.54, 1.807) is 21.9 Å². The number of benzene rings is 2. The molecule has 0 radical (unpaired) electrons. The van der Waals surface area contributed by atoms with E-state index < -0.39 is 12.1 Å². The number of rotatable bonds is 7. The quantitative estimate of drug-likeness (QED) is 0.541. The number of para-hydroxylation sites is 1. The van der Waals surface area contributed by atoms with Gasteiger partial charge in [-0.3, -0.25) is 9.59 Å². The second-order valence-corrected chi connectivity index (χ2v) is 8.85. The number of nitrogens with zero attached hydrogens (tertiary/aromatic N) is 2. The summed E-state index contributed by atoms with van der Waals surface area (Å²) >= 11 is 1.41. The first-order valence-electron chi connectivity index (χ1n) is 11.0. The molecule has 1 saturated heterocycles. The molecule has 2 aromatic carbocycles. The molecule has 4 rings (SSSR count). The highest BCUT2D eigenvalue weighted by Crippen LogP contribution is 2.26. The first kappa shape index (κ1) is 23.3. The van der Waals surface area contributed by atoms with E-state index in [2.05, 4.69) is 5.32 Å². The predicted octanol–water partition coefficient (Wildman–Crippen LogP) is 3.62. The summed E-state index contributed by atoms with van der Waals surface area (Å²) in [6, 6.07) is 18.9. The molecule has 3 aromatic rings. The van der Waals surface area contributed by atoms with Crippen molar-refractivity contribution in [3.63, 3.8) is 0 Å². The van der Waals surface area contributed by atoms with Gasteiger partial charge in [-0.25, -0.2) is 4.79 Å². The Morgan fingerprint density at radius 1 is 0.912 bits per heavy atom. The molecular weight excluding hydrogens is 452 g/mol. The van der Waals surface area contributed by atoms with Gasteiger partial charge in [0.05, 0.1) is 17.3 Å². The van der Waals surface area contributed by atoms with Crippen LogP contribution in [0.4, 0.5) is 4.79 Å². The summed E-state index contributed by atoms with van der Waals surface area (Å²) in [5.41, 5.74) is 6.11. The molecule has 1 aromatic heterocycles. The van der Waals surface area contributed by atoms with Crippen molar-refractivity contribution in [2.24, 2.45) is 5.73 Å². The normalized spacial score (nSPS) is 14.4. The zero-order valence-corrected chi connectivity index (χ0v) is 19.4. The van der Waals surface area contributed by atoms with Crippen molar-refractivity contribution in [2.45, 2.75) is 12.5 Å². The van der Waals surface area contributed by atoms with Crippen molar-refractivity contribution in [1.82, 2.24) is 15.1 Å². The van der Waals surface area contributed by atoms with E-state index in [0.717, 1.165) is 0 Å². The van der Waals surface area contributed by atoms with Crippen LogP contribution in [-0.4, -0.2) is 53.8 Å². The third kappa shape index (κ3) is 5.93. The number of hydrogen-bond donors (Lipinski definition) is 2. The van der Waals surface area contributed by atoms with Gasteiger partial charge in [0, 0.05) is 26.2 Å². The monoisotopic (exact) mass is 478 g/mol. The number of piperazine rings is 1. The maximum Gasteiger partial charge on any atom is 0.312 e. The van der Waals surface area contributed by atoms with Crippen LogP contribution >= 0.6 is 11.3 Å². The van der Waals surface area contributed by atoms with E-state index >= 15 is 0 Å². The second-order valence-electron chi connectivity index (χ2n) is 7.90. The molecule has 1 unspecified atom stereocenters. The fourth-order valence-corrected chi connectivity index (χ4v) is 4.55. The fraction of sp³-hybridized carbons (Fsp3) is 0.240. The van der Waals surface area contributed by atoms with E-state index in [1.807, 2.05) is 60.0 Å². The highest BCUT2D eigenvalue weighted by Gasteiger charge is 2.27. The number of carbonyl (C=O) groups excluding carboxylic acids is 3. The molecule has 2 heterocycles. The van der Waals surface area contributed by atoms with Crippen molar-refractivity contribution in [3.05, 3.63) is 82.6 Å². The van der Waals surface area contributed by atoms with Gasteiger partial charge >= 0.3 is 6.03 Å². The minimum atomic E-state index is -0.710. The minimum Gasteiger partial charge on any atom is -0.457 e. The molecule has 34 heavy (non-hydrogen) atoms. The first-order chi connectivity index (χ1) is 16.5. The highest BCUT2D eigenvalue weighted by atomic mass is 32.1. The molecule has 1 aliphatic rings. The molecular formula is C25H26N4O4S. The standard InChI is InChI=1S/C25H26N4O4S/c26-25(32)27-21(18-6-4-9-20(16-18)33-19-7-2-1-3-8-19)17-23(30)28-11-13-29(14-12-28)24(31)22-10-5-15-34-22/h1-10,15-16,21H,11-14,17H2,(H3,26,27,32). The van der Waals surface area contributed by atoms with Crippen LogP contribution in [0.15, 0.2) is 72.1 Å². The molecule has 0 saturated carbocycles.